The Hall–Kier alpha value is -3.08. The number of amides is 2. The lowest BCUT2D eigenvalue weighted by molar-refractivity contribution is -0.136. The summed E-state index contributed by atoms with van der Waals surface area (Å²) >= 11 is 0. The van der Waals surface area contributed by atoms with Gasteiger partial charge in [-0.05, 0) is 101 Å². The molecule has 2 atom stereocenters. The van der Waals surface area contributed by atoms with Gasteiger partial charge in [0.25, 0.3) is 0 Å². The van der Waals surface area contributed by atoms with Crippen molar-refractivity contribution in [1.29, 1.82) is 0 Å². The number of benzene rings is 1. The second kappa shape index (κ2) is 10.3. The third-order valence-electron chi connectivity index (χ3n) is 10.4. The molecule has 1 aromatic carbocycles. The first-order chi connectivity index (χ1) is 20.1. The maximum absolute atomic E-state index is 13.7. The number of ether oxygens (including phenoxy) is 1. The molecule has 11 heteroatoms. The molecular formula is C31H36F3N3O5. The summed E-state index contributed by atoms with van der Waals surface area (Å²) in [5.74, 6) is 0.354. The van der Waals surface area contributed by atoms with Crippen molar-refractivity contribution in [2.75, 3.05) is 5.32 Å². The molecule has 3 saturated carbocycles. The van der Waals surface area contributed by atoms with Crippen LogP contribution in [0, 0.1) is 5.41 Å². The first-order valence-electron chi connectivity index (χ1n) is 15.2. The number of anilines is 1. The van der Waals surface area contributed by atoms with E-state index in [1.54, 1.807) is 4.90 Å². The van der Waals surface area contributed by atoms with E-state index in [0.29, 0.717) is 42.8 Å². The zero-order chi connectivity index (χ0) is 29.2. The first kappa shape index (κ1) is 27.7. The number of nitrogens with zero attached hydrogens (tertiary/aromatic N) is 2. The topological polar surface area (TPSA) is 105 Å². The number of aromatic nitrogens is 1. The van der Waals surface area contributed by atoms with Crippen LogP contribution in [0.25, 0.3) is 0 Å². The Bertz CT molecular complexity index is 1360. The zero-order valence-electron chi connectivity index (χ0n) is 23.4. The number of fused-ring (bicyclic) bond motifs is 2. The van der Waals surface area contributed by atoms with E-state index in [2.05, 4.69) is 10.5 Å². The summed E-state index contributed by atoms with van der Waals surface area (Å²) in [5.41, 5.74) is 0.675. The van der Waals surface area contributed by atoms with Crippen molar-refractivity contribution in [3.8, 4) is 0 Å². The molecule has 226 valence electrons. The van der Waals surface area contributed by atoms with Gasteiger partial charge in [0.2, 0.25) is 0 Å². The zero-order valence-corrected chi connectivity index (χ0v) is 23.4. The molecule has 2 amide bonds. The van der Waals surface area contributed by atoms with Crippen molar-refractivity contribution in [3.05, 3.63) is 46.3 Å². The molecule has 3 aliphatic carbocycles. The van der Waals surface area contributed by atoms with Gasteiger partial charge in [0.05, 0.1) is 35.2 Å². The first-order valence-corrected chi connectivity index (χ1v) is 15.2. The van der Waals surface area contributed by atoms with Crippen LogP contribution in [-0.2, 0) is 17.5 Å². The van der Waals surface area contributed by atoms with Gasteiger partial charge in [0.1, 0.15) is 5.76 Å². The summed E-state index contributed by atoms with van der Waals surface area (Å²) in [6.07, 6.45) is 7.64. The number of carbonyl (C=O) groups excluding carboxylic acids is 1. The molecule has 2 unspecified atom stereocenters. The summed E-state index contributed by atoms with van der Waals surface area (Å²) in [6, 6.07) is 1.75. The van der Waals surface area contributed by atoms with Gasteiger partial charge >= 0.3 is 18.2 Å². The van der Waals surface area contributed by atoms with Gasteiger partial charge in [-0.3, -0.25) is 0 Å². The monoisotopic (exact) mass is 587 g/mol. The molecule has 2 aliphatic heterocycles. The van der Waals surface area contributed by atoms with Crippen LogP contribution < -0.4 is 5.32 Å². The summed E-state index contributed by atoms with van der Waals surface area (Å²) in [5, 5.41) is 16.1. The molecule has 42 heavy (non-hydrogen) atoms. The van der Waals surface area contributed by atoms with Gasteiger partial charge in [-0.25, -0.2) is 9.59 Å². The number of carboxylic acid groups (broad SMARTS) is 1. The van der Waals surface area contributed by atoms with Gasteiger partial charge in [-0.2, -0.15) is 13.2 Å². The van der Waals surface area contributed by atoms with Crippen molar-refractivity contribution in [2.24, 2.45) is 5.41 Å². The lowest BCUT2D eigenvalue weighted by Crippen LogP contribution is -2.50. The maximum atomic E-state index is 13.7. The van der Waals surface area contributed by atoms with Crippen molar-refractivity contribution < 1.29 is 37.1 Å². The standard InChI is InChI=1S/C31H36F3N3O5/c32-31(33,34)24-13-19(28(38)39)3-6-25(24)35-29(40)37-20-4-5-21(37)15-22(14-20)41-16-23-26(36-42-27(23)18-1-2-18)17-7-9-30(10-8-17)11-12-30/h3,6,13,17-18,20-22H,1-2,4-5,7-12,14-16H2,(H,35,40)(H,38,39). The Morgan fingerprint density at radius 3 is 2.31 bits per heavy atom. The average Bonchev–Trinajstić information content (AvgIpc) is 3.87. The molecule has 3 heterocycles. The number of nitrogens with one attached hydrogen (secondary N) is 1. The third kappa shape index (κ3) is 5.29. The van der Waals surface area contributed by atoms with Gasteiger partial charge in [-0.15, -0.1) is 0 Å². The van der Waals surface area contributed by atoms with Gasteiger partial charge in [-0.1, -0.05) is 5.16 Å². The fourth-order valence-corrected chi connectivity index (χ4v) is 7.64. The molecule has 1 aromatic heterocycles. The van der Waals surface area contributed by atoms with E-state index >= 15 is 0 Å². The minimum Gasteiger partial charge on any atom is -0.478 e. The largest absolute Gasteiger partial charge is 0.478 e. The molecule has 1 spiro atoms. The van der Waals surface area contributed by atoms with Crippen LogP contribution in [0.2, 0.25) is 0 Å². The summed E-state index contributed by atoms with van der Waals surface area (Å²) in [4.78, 5) is 26.1. The second-order valence-electron chi connectivity index (χ2n) is 13.1. The molecule has 2 N–H and O–H groups in total. The third-order valence-corrected chi connectivity index (χ3v) is 10.4. The molecule has 7 rings (SSSR count). The highest BCUT2D eigenvalue weighted by molar-refractivity contribution is 5.93. The summed E-state index contributed by atoms with van der Waals surface area (Å²) in [6.45, 7) is 0.438. The van der Waals surface area contributed by atoms with Crippen LogP contribution in [0.3, 0.4) is 0 Å². The predicted octanol–water partition coefficient (Wildman–Crippen LogP) is 7.45. The van der Waals surface area contributed by atoms with Gasteiger partial charge in [0, 0.05) is 29.5 Å². The normalized spacial score (nSPS) is 26.9. The Balaban J connectivity index is 1.01. The van der Waals surface area contributed by atoms with Gasteiger partial charge < -0.3 is 24.6 Å². The highest BCUT2D eigenvalue weighted by Gasteiger charge is 2.47. The number of carboxylic acids is 1. The fourth-order valence-electron chi connectivity index (χ4n) is 7.64. The number of halogens is 3. The van der Waals surface area contributed by atoms with Crippen molar-refractivity contribution in [1.82, 2.24) is 10.1 Å². The Morgan fingerprint density at radius 2 is 1.71 bits per heavy atom. The van der Waals surface area contributed by atoms with Crippen molar-refractivity contribution in [2.45, 2.75) is 120 Å². The van der Waals surface area contributed by atoms with Crippen LogP contribution in [0.4, 0.5) is 23.7 Å². The van der Waals surface area contributed by atoms with Crippen LogP contribution in [0.1, 0.15) is 122 Å². The highest BCUT2D eigenvalue weighted by Crippen LogP contribution is 2.59. The molecule has 0 radical (unpaired) electrons. The highest BCUT2D eigenvalue weighted by atomic mass is 19.4. The Kier molecular flexibility index (Phi) is 6.79. The Morgan fingerprint density at radius 1 is 1.02 bits per heavy atom. The molecule has 8 nitrogen and oxygen atoms in total. The number of hydrogen-bond donors (Lipinski definition) is 2. The second-order valence-corrected chi connectivity index (χ2v) is 13.1. The lowest BCUT2D eigenvalue weighted by atomic mass is 9.77. The molecule has 5 fully saturated rings. The smallest absolute Gasteiger partial charge is 0.418 e. The number of carbonyl (C=O) groups is 2. The average molecular weight is 588 g/mol. The number of aromatic carboxylic acids is 1. The number of hydrogen-bond acceptors (Lipinski definition) is 5. The number of alkyl halides is 3. The minimum atomic E-state index is -4.81. The number of rotatable bonds is 7. The number of urea groups is 1. The van der Waals surface area contributed by atoms with E-state index in [1.165, 1.54) is 25.7 Å². The maximum Gasteiger partial charge on any atom is 0.418 e. The van der Waals surface area contributed by atoms with E-state index in [-0.39, 0.29) is 18.2 Å². The van der Waals surface area contributed by atoms with Crippen molar-refractivity contribution >= 4 is 17.7 Å². The van der Waals surface area contributed by atoms with E-state index in [0.717, 1.165) is 67.7 Å². The lowest BCUT2D eigenvalue weighted by Gasteiger charge is -2.39. The van der Waals surface area contributed by atoms with E-state index in [1.807, 2.05) is 0 Å². The van der Waals surface area contributed by atoms with E-state index in [9.17, 15) is 22.8 Å². The minimum absolute atomic E-state index is 0.0666. The number of piperidine rings is 1. The van der Waals surface area contributed by atoms with E-state index < -0.39 is 35.0 Å². The van der Waals surface area contributed by atoms with Gasteiger partial charge in [0.15, 0.2) is 0 Å². The van der Waals surface area contributed by atoms with Crippen LogP contribution in [0.15, 0.2) is 22.7 Å². The van der Waals surface area contributed by atoms with Crippen LogP contribution >= 0.6 is 0 Å². The Labute approximate surface area is 241 Å². The quantitative estimate of drug-likeness (QED) is 0.349. The van der Waals surface area contributed by atoms with Crippen molar-refractivity contribution in [3.63, 3.8) is 0 Å². The fraction of sp³-hybridized carbons (Fsp3) is 0.645. The molecule has 2 saturated heterocycles. The van der Waals surface area contributed by atoms with Crippen LogP contribution in [-0.4, -0.2) is 45.4 Å². The van der Waals surface area contributed by atoms with E-state index in [4.69, 9.17) is 14.4 Å². The van der Waals surface area contributed by atoms with Crippen LogP contribution in [0.5, 0.6) is 0 Å². The molecule has 5 aliphatic rings. The predicted molar refractivity (Wildman–Crippen MR) is 145 cm³/mol. The summed E-state index contributed by atoms with van der Waals surface area (Å²) < 4.78 is 53.4. The summed E-state index contributed by atoms with van der Waals surface area (Å²) in [7, 11) is 0. The SMILES string of the molecule is O=C(O)c1ccc(NC(=O)N2C3CCC2CC(OCc2c(C4CCC5(CC4)CC5)noc2C2CC2)C3)c(C(F)(F)F)c1. The molecule has 2 aromatic rings. The molecular weight excluding hydrogens is 551 g/mol. The molecule has 2 bridgehead atoms.